The van der Waals surface area contributed by atoms with Crippen LogP contribution in [0.25, 0.3) is 12.2 Å². The molecule has 2 rings (SSSR count). The van der Waals surface area contributed by atoms with E-state index in [-0.39, 0.29) is 12.3 Å². The Labute approximate surface area is 153 Å². The summed E-state index contributed by atoms with van der Waals surface area (Å²) in [6.45, 7) is 2.00. The number of carbonyl (C=O) groups excluding carboxylic acids is 1. The van der Waals surface area contributed by atoms with Crippen LogP contribution in [0.4, 0.5) is 11.4 Å². The van der Waals surface area contributed by atoms with Crippen molar-refractivity contribution in [3.63, 3.8) is 0 Å². The molecule has 0 radical (unpaired) electrons. The van der Waals surface area contributed by atoms with E-state index in [9.17, 15) is 14.9 Å². The molecule has 0 spiro atoms. The van der Waals surface area contributed by atoms with Crippen molar-refractivity contribution in [3.8, 4) is 0 Å². The number of thiazole rings is 1. The van der Waals surface area contributed by atoms with Crippen LogP contribution in [0.1, 0.15) is 12.5 Å². The molecule has 1 heterocycles. The molecule has 0 aliphatic heterocycles. The fraction of sp³-hybridized carbons (Fsp3) is 0.250. The van der Waals surface area contributed by atoms with Gasteiger partial charge < -0.3 is 14.6 Å². The molecule has 9 heteroatoms. The van der Waals surface area contributed by atoms with Gasteiger partial charge in [-0.25, -0.2) is 4.79 Å². The van der Waals surface area contributed by atoms with Crippen LogP contribution in [0.5, 0.6) is 0 Å². The number of nitrogens with one attached hydrogen (secondary N) is 1. The first-order valence-corrected chi connectivity index (χ1v) is 8.59. The number of esters is 1. The number of nitro groups is 1. The van der Waals surface area contributed by atoms with Gasteiger partial charge in [0, 0.05) is 26.2 Å². The Balaban J connectivity index is 2.59. The third-order valence-corrected chi connectivity index (χ3v) is 4.43. The van der Waals surface area contributed by atoms with E-state index in [4.69, 9.17) is 17.0 Å². The predicted molar refractivity (Wildman–Crippen MR) is 101 cm³/mol. The lowest BCUT2D eigenvalue weighted by Crippen LogP contribution is -2.23. The smallest absolute Gasteiger partial charge is 0.332 e. The van der Waals surface area contributed by atoms with Gasteiger partial charge in [0.15, 0.2) is 3.95 Å². The summed E-state index contributed by atoms with van der Waals surface area (Å²) in [7, 11) is 3.49. The lowest BCUT2D eigenvalue weighted by atomic mass is 10.1. The molecule has 0 atom stereocenters. The zero-order valence-corrected chi connectivity index (χ0v) is 15.6. The van der Waals surface area contributed by atoms with Crippen LogP contribution in [0.15, 0.2) is 18.2 Å². The fourth-order valence-electron chi connectivity index (χ4n) is 2.17. The number of H-pyrrole nitrogens is 1. The molecule has 1 aromatic carbocycles. The minimum absolute atomic E-state index is 0.00815. The Morgan fingerprint density at radius 2 is 2.20 bits per heavy atom. The number of benzene rings is 1. The zero-order chi connectivity index (χ0) is 18.6. The topological polar surface area (TPSA) is 88.5 Å². The van der Waals surface area contributed by atoms with Gasteiger partial charge in [-0.1, -0.05) is 6.07 Å². The minimum Gasteiger partial charge on any atom is -0.463 e. The number of nitrogens with zero attached hydrogens (tertiary/aromatic N) is 2. The van der Waals surface area contributed by atoms with E-state index in [1.807, 2.05) is 0 Å². The predicted octanol–water partition coefficient (Wildman–Crippen LogP) is 1.95. The van der Waals surface area contributed by atoms with Crippen LogP contribution in [0, 0.1) is 14.1 Å². The second-order valence-corrected chi connectivity index (χ2v) is 6.95. The first-order chi connectivity index (χ1) is 11.8. The third kappa shape index (κ3) is 4.74. The van der Waals surface area contributed by atoms with Crippen LogP contribution < -0.4 is 14.8 Å². The van der Waals surface area contributed by atoms with Crippen molar-refractivity contribution in [1.82, 2.24) is 4.98 Å². The number of carbonyl (C=O) groups is 1. The van der Waals surface area contributed by atoms with E-state index in [1.54, 1.807) is 44.1 Å². The van der Waals surface area contributed by atoms with E-state index in [0.717, 1.165) is 0 Å². The van der Waals surface area contributed by atoms with Crippen molar-refractivity contribution in [2.45, 2.75) is 6.92 Å². The van der Waals surface area contributed by atoms with Gasteiger partial charge in [0.05, 0.1) is 21.4 Å². The van der Waals surface area contributed by atoms with Gasteiger partial charge in [-0.3, -0.25) is 10.1 Å². The highest BCUT2D eigenvalue weighted by Gasteiger charge is 2.15. The van der Waals surface area contributed by atoms with E-state index in [2.05, 4.69) is 4.98 Å². The standard InChI is InChI=1S/C16H17N3O4S2/c1-4-23-15(20)9-11-14(25-16(24)17-11)8-10-5-6-12(18(2)3)13(7-10)19(21)22/h5-9H,4H2,1-3H3,(H,17,24)/b11-9-,14-8-. The Kier molecular flexibility index (Phi) is 6.05. The highest BCUT2D eigenvalue weighted by atomic mass is 32.1. The average molecular weight is 379 g/mol. The quantitative estimate of drug-likeness (QED) is 0.370. The Morgan fingerprint density at radius 3 is 2.80 bits per heavy atom. The van der Waals surface area contributed by atoms with Gasteiger partial charge in [-0.2, -0.15) is 0 Å². The zero-order valence-electron chi connectivity index (χ0n) is 13.9. The van der Waals surface area contributed by atoms with E-state index in [0.29, 0.717) is 25.1 Å². The Hall–Kier alpha value is -2.52. The highest BCUT2D eigenvalue weighted by molar-refractivity contribution is 7.73. The molecule has 0 saturated carbocycles. The van der Waals surface area contributed by atoms with Gasteiger partial charge in [-0.05, 0) is 36.8 Å². The minimum atomic E-state index is -0.477. The van der Waals surface area contributed by atoms with Gasteiger partial charge in [-0.15, -0.1) is 11.3 Å². The van der Waals surface area contributed by atoms with Crippen molar-refractivity contribution in [2.24, 2.45) is 0 Å². The molecular weight excluding hydrogens is 362 g/mol. The molecule has 0 amide bonds. The summed E-state index contributed by atoms with van der Waals surface area (Å²) in [5.41, 5.74) is 1.16. The summed E-state index contributed by atoms with van der Waals surface area (Å²) in [4.78, 5) is 27.1. The summed E-state index contributed by atoms with van der Waals surface area (Å²) in [5, 5.41) is 11.8. The van der Waals surface area contributed by atoms with Crippen molar-refractivity contribution >= 4 is 53.1 Å². The Bertz CT molecular complexity index is 976. The summed E-state index contributed by atoms with van der Waals surface area (Å²) in [5.74, 6) is -0.477. The number of aromatic nitrogens is 1. The van der Waals surface area contributed by atoms with Crippen molar-refractivity contribution in [1.29, 1.82) is 0 Å². The summed E-state index contributed by atoms with van der Waals surface area (Å²) in [6.07, 6.45) is 3.07. The van der Waals surface area contributed by atoms with Crippen LogP contribution in [0.2, 0.25) is 0 Å². The van der Waals surface area contributed by atoms with Crippen LogP contribution in [-0.4, -0.2) is 36.6 Å². The molecule has 2 aromatic rings. The van der Waals surface area contributed by atoms with Crippen LogP contribution >= 0.6 is 23.6 Å². The number of ether oxygens (including phenoxy) is 1. The molecule has 25 heavy (non-hydrogen) atoms. The summed E-state index contributed by atoms with van der Waals surface area (Å²) in [6, 6.07) is 4.95. The maximum Gasteiger partial charge on any atom is 0.332 e. The van der Waals surface area contributed by atoms with E-state index < -0.39 is 10.9 Å². The SMILES string of the molecule is CCOC(=O)/C=c1\[nH]c(=S)s\c1=C/c1ccc(N(C)C)c([N+](=O)[O-])c1. The number of hydrogen-bond donors (Lipinski definition) is 1. The average Bonchev–Trinajstić information content (AvgIpc) is 2.86. The van der Waals surface area contributed by atoms with E-state index in [1.165, 1.54) is 23.5 Å². The second kappa shape index (κ2) is 8.04. The normalized spacial score (nSPS) is 12.3. The number of aromatic amines is 1. The molecule has 7 nitrogen and oxygen atoms in total. The molecule has 0 unspecified atom stereocenters. The van der Waals surface area contributed by atoms with Gasteiger partial charge in [0.1, 0.15) is 5.69 Å². The van der Waals surface area contributed by atoms with Crippen LogP contribution in [-0.2, 0) is 9.53 Å². The molecular formula is C16H17N3O4S2. The number of anilines is 1. The molecule has 0 aliphatic rings. The number of hydrogen-bond acceptors (Lipinski definition) is 7. The molecule has 132 valence electrons. The molecule has 0 bridgehead atoms. The first kappa shape index (κ1) is 18.8. The summed E-state index contributed by atoms with van der Waals surface area (Å²) >= 11 is 6.41. The molecule has 1 N–H and O–H groups in total. The molecule has 0 fully saturated rings. The molecule has 0 aliphatic carbocycles. The van der Waals surface area contributed by atoms with Crippen molar-refractivity contribution < 1.29 is 14.5 Å². The van der Waals surface area contributed by atoms with E-state index >= 15 is 0 Å². The highest BCUT2D eigenvalue weighted by Crippen LogP contribution is 2.27. The maximum atomic E-state index is 11.7. The van der Waals surface area contributed by atoms with Gasteiger partial charge in [0.25, 0.3) is 5.69 Å². The lowest BCUT2D eigenvalue weighted by molar-refractivity contribution is -0.384. The maximum absolute atomic E-state index is 11.7. The first-order valence-electron chi connectivity index (χ1n) is 7.37. The Morgan fingerprint density at radius 1 is 1.48 bits per heavy atom. The molecule has 1 aromatic heterocycles. The fourth-order valence-corrected chi connectivity index (χ4v) is 3.33. The number of nitro benzene ring substituents is 1. The van der Waals surface area contributed by atoms with Gasteiger partial charge >= 0.3 is 5.97 Å². The summed E-state index contributed by atoms with van der Waals surface area (Å²) < 4.78 is 6.10. The lowest BCUT2D eigenvalue weighted by Gasteiger charge is -2.12. The number of rotatable bonds is 5. The second-order valence-electron chi connectivity index (χ2n) is 5.23. The monoisotopic (exact) mass is 379 g/mol. The largest absolute Gasteiger partial charge is 0.463 e. The van der Waals surface area contributed by atoms with Crippen LogP contribution in [0.3, 0.4) is 0 Å². The van der Waals surface area contributed by atoms with Crippen molar-refractivity contribution in [2.75, 3.05) is 25.6 Å². The molecule has 0 saturated heterocycles. The van der Waals surface area contributed by atoms with Crippen molar-refractivity contribution in [3.05, 3.63) is 47.7 Å². The third-order valence-electron chi connectivity index (χ3n) is 3.23. The van der Waals surface area contributed by atoms with Gasteiger partial charge in [0.2, 0.25) is 0 Å².